The van der Waals surface area contributed by atoms with Crippen molar-refractivity contribution in [2.75, 3.05) is 11.4 Å². The maximum Gasteiger partial charge on any atom is 0.439 e. The minimum absolute atomic E-state index is 0.0744. The predicted octanol–water partition coefficient (Wildman–Crippen LogP) is 3.79. The molecule has 1 saturated heterocycles. The number of carbonyl (C=O) groups is 1. The van der Waals surface area contributed by atoms with E-state index in [-0.39, 0.29) is 23.4 Å². The van der Waals surface area contributed by atoms with E-state index in [1.165, 1.54) is 0 Å². The molecule has 214 valence electrons. The molecule has 1 aliphatic carbocycles. The summed E-state index contributed by atoms with van der Waals surface area (Å²) in [7, 11) is 0. The minimum Gasteiger partial charge on any atom is -0.330 e. The van der Waals surface area contributed by atoms with Gasteiger partial charge in [0.05, 0.1) is 10.9 Å². The summed E-state index contributed by atoms with van der Waals surface area (Å²) in [6.45, 7) is 5.15. The Morgan fingerprint density at radius 2 is 2.00 bits per heavy atom. The zero-order valence-electron chi connectivity index (χ0n) is 22.9. The molecule has 1 aliphatic heterocycles. The molecule has 1 unspecified atom stereocenters. The molecule has 1 amide bonds. The van der Waals surface area contributed by atoms with E-state index >= 15 is 0 Å². The van der Waals surface area contributed by atoms with Gasteiger partial charge in [0.1, 0.15) is 17.3 Å². The van der Waals surface area contributed by atoms with Gasteiger partial charge in [0, 0.05) is 31.0 Å². The molecule has 0 spiro atoms. The normalized spacial score (nSPS) is 21.0. The van der Waals surface area contributed by atoms with Crippen molar-refractivity contribution in [2.24, 2.45) is 11.8 Å². The van der Waals surface area contributed by atoms with Crippen molar-refractivity contribution < 1.29 is 9.32 Å². The highest BCUT2D eigenvalue weighted by molar-refractivity contribution is 6.30. The molecule has 6 rings (SSSR count). The number of rotatable bonds is 6. The van der Waals surface area contributed by atoms with Crippen LogP contribution in [0, 0.1) is 17.2 Å². The van der Waals surface area contributed by atoms with Crippen molar-refractivity contribution >= 4 is 40.5 Å². The molecule has 4 aromatic heterocycles. The van der Waals surface area contributed by atoms with Crippen LogP contribution in [0.2, 0.25) is 5.02 Å². The zero-order valence-corrected chi connectivity index (χ0v) is 23.6. The van der Waals surface area contributed by atoms with E-state index in [9.17, 15) is 9.59 Å². The molecule has 3 N–H and O–H groups in total. The van der Waals surface area contributed by atoms with Gasteiger partial charge in [0.2, 0.25) is 23.5 Å². The molecule has 0 bridgehead atoms. The SMILES string of the molecule is CC(=N)NC(=O)C1CCCN1c1nc2nc(-c3noc(=O)[nH]3)nc(-c3cncc(Cl)c3)c2n1C[C@H]1CC[C@H](C)CC1. The van der Waals surface area contributed by atoms with Crippen LogP contribution in [0.15, 0.2) is 27.8 Å². The fraction of sp³-hybridized carbons (Fsp3) is 0.481. The number of hydrogen-bond acceptors (Lipinski definition) is 10. The number of fused-ring (bicyclic) bond motifs is 1. The van der Waals surface area contributed by atoms with E-state index in [4.69, 9.17) is 36.5 Å². The fourth-order valence-corrected chi connectivity index (χ4v) is 6.08. The van der Waals surface area contributed by atoms with Gasteiger partial charge < -0.3 is 14.8 Å². The molecule has 2 aliphatic rings. The average molecular weight is 579 g/mol. The van der Waals surface area contributed by atoms with E-state index in [0.717, 1.165) is 32.1 Å². The van der Waals surface area contributed by atoms with Crippen molar-refractivity contribution in [2.45, 2.75) is 65.0 Å². The minimum atomic E-state index is -0.722. The molecular weight excluding hydrogens is 548 g/mol. The lowest BCUT2D eigenvalue weighted by Gasteiger charge is -2.30. The summed E-state index contributed by atoms with van der Waals surface area (Å²) in [5, 5.41) is 14.7. The first-order chi connectivity index (χ1) is 19.8. The standard InChI is InChI=1S/C27H31ClN10O3/c1-14-5-7-16(8-6-14)13-38-21-20(17-10-18(28)12-30-11-17)32-23(24-35-27(40)41-36-24)33-22(21)34-26(38)37-9-3-4-19(37)25(39)31-15(2)29/h10-12,14,16,19H,3-9,13H2,1-2H3,(H2,29,31,39)(H,35,36,40)/t14-,16-,19?. The smallest absolute Gasteiger partial charge is 0.330 e. The van der Waals surface area contributed by atoms with Crippen LogP contribution in [0.1, 0.15) is 52.4 Å². The molecule has 2 fully saturated rings. The van der Waals surface area contributed by atoms with Gasteiger partial charge in [-0.25, -0.2) is 14.8 Å². The summed E-state index contributed by atoms with van der Waals surface area (Å²) < 4.78 is 6.85. The number of pyridine rings is 1. The van der Waals surface area contributed by atoms with E-state index < -0.39 is 11.8 Å². The lowest BCUT2D eigenvalue weighted by molar-refractivity contribution is -0.120. The highest BCUT2D eigenvalue weighted by Crippen LogP contribution is 2.37. The number of hydrogen-bond donors (Lipinski definition) is 3. The van der Waals surface area contributed by atoms with Gasteiger partial charge in [-0.15, -0.1) is 0 Å². The number of aromatic nitrogens is 7. The molecule has 41 heavy (non-hydrogen) atoms. The van der Waals surface area contributed by atoms with Gasteiger partial charge >= 0.3 is 5.76 Å². The van der Waals surface area contributed by atoms with Gasteiger partial charge in [-0.05, 0) is 50.5 Å². The number of carbonyl (C=O) groups excluding carboxylic acids is 1. The zero-order chi connectivity index (χ0) is 28.7. The van der Waals surface area contributed by atoms with Crippen molar-refractivity contribution in [3.8, 4) is 22.9 Å². The van der Waals surface area contributed by atoms with Gasteiger partial charge in [-0.3, -0.25) is 24.7 Å². The lowest BCUT2D eigenvalue weighted by atomic mass is 9.83. The van der Waals surface area contributed by atoms with Crippen molar-refractivity contribution in [1.29, 1.82) is 5.41 Å². The van der Waals surface area contributed by atoms with Crippen molar-refractivity contribution in [3.05, 3.63) is 34.0 Å². The molecule has 4 aromatic rings. The monoisotopic (exact) mass is 578 g/mol. The molecule has 0 aromatic carbocycles. The van der Waals surface area contributed by atoms with E-state index in [1.54, 1.807) is 25.4 Å². The highest BCUT2D eigenvalue weighted by Gasteiger charge is 2.36. The van der Waals surface area contributed by atoms with Crippen LogP contribution in [0.5, 0.6) is 0 Å². The van der Waals surface area contributed by atoms with E-state index in [2.05, 4.69) is 31.9 Å². The summed E-state index contributed by atoms with van der Waals surface area (Å²) in [4.78, 5) is 48.1. The average Bonchev–Trinajstić information content (AvgIpc) is 3.68. The van der Waals surface area contributed by atoms with Crippen LogP contribution in [0.4, 0.5) is 5.95 Å². The third kappa shape index (κ3) is 5.45. The number of H-pyrrole nitrogens is 1. The second-order valence-corrected chi connectivity index (χ2v) is 11.5. The summed E-state index contributed by atoms with van der Waals surface area (Å²) in [6.07, 6.45) is 9.16. The third-order valence-electron chi connectivity index (χ3n) is 7.91. The Bertz CT molecular complexity index is 1670. The first-order valence-corrected chi connectivity index (χ1v) is 14.2. The topological polar surface area (TPSA) is 172 Å². The maximum atomic E-state index is 13.1. The van der Waals surface area contributed by atoms with Crippen LogP contribution in [-0.2, 0) is 11.3 Å². The Morgan fingerprint density at radius 3 is 2.71 bits per heavy atom. The van der Waals surface area contributed by atoms with Crippen LogP contribution in [-0.4, -0.2) is 59.0 Å². The van der Waals surface area contributed by atoms with Gasteiger partial charge in [-0.2, -0.15) is 4.98 Å². The summed E-state index contributed by atoms with van der Waals surface area (Å²) in [5.74, 6) is 1.09. The van der Waals surface area contributed by atoms with Crippen molar-refractivity contribution in [1.82, 2.24) is 40.0 Å². The van der Waals surface area contributed by atoms with E-state index in [0.29, 0.717) is 64.7 Å². The number of aromatic amines is 1. The number of nitrogens with zero attached hydrogens (tertiary/aromatic N) is 7. The molecular formula is C27H31ClN10O3. The van der Waals surface area contributed by atoms with Crippen LogP contribution < -0.4 is 16.0 Å². The molecule has 1 atom stereocenters. The second kappa shape index (κ2) is 11.0. The number of imidazole rings is 1. The molecule has 13 nitrogen and oxygen atoms in total. The number of anilines is 1. The maximum absolute atomic E-state index is 13.1. The van der Waals surface area contributed by atoms with Gasteiger partial charge in [0.25, 0.3) is 0 Å². The summed E-state index contributed by atoms with van der Waals surface area (Å²) in [6, 6.07) is 1.29. The molecule has 5 heterocycles. The van der Waals surface area contributed by atoms with Crippen LogP contribution in [0.3, 0.4) is 0 Å². The van der Waals surface area contributed by atoms with E-state index in [1.807, 2.05) is 4.90 Å². The number of nitrogens with one attached hydrogen (secondary N) is 3. The quantitative estimate of drug-likeness (QED) is 0.227. The Balaban J connectivity index is 1.56. The largest absolute Gasteiger partial charge is 0.439 e. The predicted molar refractivity (Wildman–Crippen MR) is 153 cm³/mol. The Kier molecular flexibility index (Phi) is 7.28. The fourth-order valence-electron chi connectivity index (χ4n) is 5.91. The summed E-state index contributed by atoms with van der Waals surface area (Å²) in [5.41, 5.74) is 2.26. The summed E-state index contributed by atoms with van der Waals surface area (Å²) >= 11 is 6.35. The Morgan fingerprint density at radius 1 is 1.20 bits per heavy atom. The Labute approximate surface area is 240 Å². The van der Waals surface area contributed by atoms with Crippen molar-refractivity contribution in [3.63, 3.8) is 0 Å². The first-order valence-electron chi connectivity index (χ1n) is 13.8. The number of halogens is 1. The van der Waals surface area contributed by atoms with Crippen LogP contribution in [0.25, 0.3) is 34.1 Å². The van der Waals surface area contributed by atoms with Gasteiger partial charge in [-0.1, -0.05) is 36.5 Å². The second-order valence-electron chi connectivity index (χ2n) is 11.0. The number of amides is 1. The number of amidine groups is 1. The molecule has 0 radical (unpaired) electrons. The molecule has 1 saturated carbocycles. The Hall–Kier alpha value is -4.13. The van der Waals surface area contributed by atoms with Gasteiger partial charge in [0.15, 0.2) is 5.65 Å². The first kappa shape index (κ1) is 27.1. The lowest BCUT2D eigenvalue weighted by Crippen LogP contribution is -2.45. The van der Waals surface area contributed by atoms with Crippen LogP contribution >= 0.6 is 11.6 Å². The highest BCUT2D eigenvalue weighted by atomic mass is 35.5. The third-order valence-corrected chi connectivity index (χ3v) is 8.12. The molecule has 14 heteroatoms.